The lowest BCUT2D eigenvalue weighted by atomic mass is 10.0. The normalized spacial score (nSPS) is 14.6. The molecule has 0 radical (unpaired) electrons. The van der Waals surface area contributed by atoms with Gasteiger partial charge in [0.05, 0.1) is 0 Å². The van der Waals surface area contributed by atoms with E-state index in [1.165, 1.54) is 36.1 Å². The molecule has 0 unspecified atom stereocenters. The Labute approximate surface area is 85.7 Å². The van der Waals surface area contributed by atoms with Gasteiger partial charge in [-0.15, -0.1) is 0 Å². The SMILES string of the molecule is CNc1nc(C(C)C)cc2c1CCC2. The van der Waals surface area contributed by atoms with Crippen LogP contribution >= 0.6 is 0 Å². The van der Waals surface area contributed by atoms with Crippen molar-refractivity contribution in [3.05, 3.63) is 22.9 Å². The molecule has 0 bridgehead atoms. The van der Waals surface area contributed by atoms with Crippen LogP contribution in [0.2, 0.25) is 0 Å². The number of anilines is 1. The number of hydrogen-bond donors (Lipinski definition) is 1. The molecule has 0 aliphatic heterocycles. The number of aromatic nitrogens is 1. The van der Waals surface area contributed by atoms with Crippen LogP contribution in [0.3, 0.4) is 0 Å². The van der Waals surface area contributed by atoms with E-state index < -0.39 is 0 Å². The van der Waals surface area contributed by atoms with E-state index in [1.807, 2.05) is 7.05 Å². The molecule has 1 aromatic rings. The molecule has 0 aromatic carbocycles. The van der Waals surface area contributed by atoms with Gasteiger partial charge in [-0.1, -0.05) is 13.8 Å². The fourth-order valence-corrected chi connectivity index (χ4v) is 2.11. The summed E-state index contributed by atoms with van der Waals surface area (Å²) in [6.07, 6.45) is 3.70. The Kier molecular flexibility index (Phi) is 2.44. The second-order valence-corrected chi connectivity index (χ2v) is 4.29. The summed E-state index contributed by atoms with van der Waals surface area (Å²) in [7, 11) is 1.96. The van der Waals surface area contributed by atoms with Crippen LogP contribution in [-0.4, -0.2) is 12.0 Å². The van der Waals surface area contributed by atoms with Crippen molar-refractivity contribution in [1.29, 1.82) is 0 Å². The molecular formula is C12H18N2. The predicted molar refractivity (Wildman–Crippen MR) is 59.9 cm³/mol. The van der Waals surface area contributed by atoms with Crippen LogP contribution in [-0.2, 0) is 12.8 Å². The van der Waals surface area contributed by atoms with Crippen molar-refractivity contribution in [3.63, 3.8) is 0 Å². The molecule has 1 aliphatic rings. The van der Waals surface area contributed by atoms with Gasteiger partial charge in [0.2, 0.25) is 0 Å². The summed E-state index contributed by atoms with van der Waals surface area (Å²) in [5, 5.41) is 3.21. The second kappa shape index (κ2) is 3.60. The lowest BCUT2D eigenvalue weighted by Crippen LogP contribution is -2.03. The number of aryl methyl sites for hydroxylation is 1. The Morgan fingerprint density at radius 2 is 2.14 bits per heavy atom. The Morgan fingerprint density at radius 1 is 1.36 bits per heavy atom. The minimum absolute atomic E-state index is 0.521. The second-order valence-electron chi connectivity index (χ2n) is 4.29. The highest BCUT2D eigenvalue weighted by Gasteiger charge is 2.17. The molecule has 1 aromatic heterocycles. The van der Waals surface area contributed by atoms with Gasteiger partial charge in [0.25, 0.3) is 0 Å². The molecular weight excluding hydrogens is 172 g/mol. The molecule has 1 aliphatic carbocycles. The molecule has 2 rings (SSSR count). The summed E-state index contributed by atoms with van der Waals surface area (Å²) in [6, 6.07) is 2.29. The molecule has 1 N–H and O–H groups in total. The molecule has 0 saturated heterocycles. The monoisotopic (exact) mass is 190 g/mol. The van der Waals surface area contributed by atoms with Gasteiger partial charge in [-0.3, -0.25) is 0 Å². The molecule has 0 fully saturated rings. The van der Waals surface area contributed by atoms with Gasteiger partial charge in [0.1, 0.15) is 5.82 Å². The third-order valence-corrected chi connectivity index (χ3v) is 2.94. The number of nitrogens with one attached hydrogen (secondary N) is 1. The molecule has 76 valence electrons. The lowest BCUT2D eigenvalue weighted by molar-refractivity contribution is 0.820. The summed E-state index contributed by atoms with van der Waals surface area (Å²) in [6.45, 7) is 4.40. The zero-order valence-electron chi connectivity index (χ0n) is 9.22. The van der Waals surface area contributed by atoms with Crippen molar-refractivity contribution in [2.24, 2.45) is 0 Å². The fraction of sp³-hybridized carbons (Fsp3) is 0.583. The lowest BCUT2D eigenvalue weighted by Gasteiger charge is -2.12. The van der Waals surface area contributed by atoms with Gasteiger partial charge >= 0.3 is 0 Å². The van der Waals surface area contributed by atoms with E-state index in [0.29, 0.717) is 5.92 Å². The van der Waals surface area contributed by atoms with Crippen LogP contribution in [0.5, 0.6) is 0 Å². The van der Waals surface area contributed by atoms with E-state index in [-0.39, 0.29) is 0 Å². The van der Waals surface area contributed by atoms with Gasteiger partial charge in [-0.05, 0) is 42.4 Å². The Hall–Kier alpha value is -1.05. The van der Waals surface area contributed by atoms with E-state index >= 15 is 0 Å². The van der Waals surface area contributed by atoms with Gasteiger partial charge < -0.3 is 5.32 Å². The molecule has 0 saturated carbocycles. The Balaban J connectivity index is 2.49. The summed E-state index contributed by atoms with van der Waals surface area (Å²) >= 11 is 0. The van der Waals surface area contributed by atoms with E-state index in [2.05, 4.69) is 30.2 Å². The van der Waals surface area contributed by atoms with Gasteiger partial charge in [0.15, 0.2) is 0 Å². The van der Waals surface area contributed by atoms with E-state index in [1.54, 1.807) is 0 Å². The highest BCUT2D eigenvalue weighted by atomic mass is 15.0. The average molecular weight is 190 g/mol. The highest BCUT2D eigenvalue weighted by Crippen LogP contribution is 2.29. The van der Waals surface area contributed by atoms with E-state index in [4.69, 9.17) is 0 Å². The summed E-state index contributed by atoms with van der Waals surface area (Å²) < 4.78 is 0. The molecule has 2 heteroatoms. The van der Waals surface area contributed by atoms with Crippen molar-refractivity contribution >= 4 is 5.82 Å². The van der Waals surface area contributed by atoms with Crippen LogP contribution in [0.25, 0.3) is 0 Å². The first-order valence-electron chi connectivity index (χ1n) is 5.43. The molecule has 2 nitrogen and oxygen atoms in total. The van der Waals surface area contributed by atoms with Crippen molar-refractivity contribution < 1.29 is 0 Å². The number of pyridine rings is 1. The van der Waals surface area contributed by atoms with E-state index in [0.717, 1.165) is 5.82 Å². The maximum atomic E-state index is 4.65. The third kappa shape index (κ3) is 1.49. The standard InChI is InChI=1S/C12H18N2/c1-8(2)11-7-9-5-4-6-10(9)12(13-3)14-11/h7-8H,4-6H2,1-3H3,(H,13,14). The van der Waals surface area contributed by atoms with Crippen LogP contribution < -0.4 is 5.32 Å². The smallest absolute Gasteiger partial charge is 0.129 e. The largest absolute Gasteiger partial charge is 0.373 e. The van der Waals surface area contributed by atoms with Gasteiger partial charge in [0, 0.05) is 12.7 Å². The van der Waals surface area contributed by atoms with Crippen molar-refractivity contribution in [2.75, 3.05) is 12.4 Å². The molecule has 0 atom stereocenters. The number of rotatable bonds is 2. The first-order chi connectivity index (χ1) is 6.72. The topological polar surface area (TPSA) is 24.9 Å². The zero-order valence-corrected chi connectivity index (χ0v) is 9.22. The summed E-state index contributed by atoms with van der Waals surface area (Å²) in [5.74, 6) is 1.62. The zero-order chi connectivity index (χ0) is 10.1. The van der Waals surface area contributed by atoms with Gasteiger partial charge in [-0.25, -0.2) is 4.98 Å². The number of hydrogen-bond acceptors (Lipinski definition) is 2. The maximum absolute atomic E-state index is 4.65. The van der Waals surface area contributed by atoms with Crippen molar-refractivity contribution in [1.82, 2.24) is 4.98 Å². The molecule has 1 heterocycles. The minimum atomic E-state index is 0.521. The number of fused-ring (bicyclic) bond motifs is 1. The van der Waals surface area contributed by atoms with Crippen molar-refractivity contribution in [3.8, 4) is 0 Å². The molecule has 0 amide bonds. The first kappa shape index (κ1) is 9.50. The Morgan fingerprint density at radius 3 is 2.79 bits per heavy atom. The van der Waals surface area contributed by atoms with Crippen LogP contribution in [0.4, 0.5) is 5.82 Å². The van der Waals surface area contributed by atoms with Crippen LogP contribution in [0, 0.1) is 0 Å². The Bertz CT molecular complexity index is 342. The van der Waals surface area contributed by atoms with Crippen molar-refractivity contribution in [2.45, 2.75) is 39.0 Å². The van der Waals surface area contributed by atoms with Crippen LogP contribution in [0.15, 0.2) is 6.07 Å². The van der Waals surface area contributed by atoms with Crippen LogP contribution in [0.1, 0.15) is 43.0 Å². The van der Waals surface area contributed by atoms with E-state index in [9.17, 15) is 0 Å². The predicted octanol–water partition coefficient (Wildman–Crippen LogP) is 2.74. The first-order valence-corrected chi connectivity index (χ1v) is 5.43. The molecule has 14 heavy (non-hydrogen) atoms. The summed E-state index contributed by atoms with van der Waals surface area (Å²) in [5.41, 5.74) is 4.17. The minimum Gasteiger partial charge on any atom is -0.373 e. The van der Waals surface area contributed by atoms with Gasteiger partial charge in [-0.2, -0.15) is 0 Å². The average Bonchev–Trinajstić information content (AvgIpc) is 2.63. The number of nitrogens with zero attached hydrogens (tertiary/aromatic N) is 1. The fourth-order valence-electron chi connectivity index (χ4n) is 2.11. The third-order valence-electron chi connectivity index (χ3n) is 2.94. The highest BCUT2D eigenvalue weighted by molar-refractivity contribution is 5.51. The molecule has 0 spiro atoms. The quantitative estimate of drug-likeness (QED) is 0.775. The summed E-state index contributed by atoms with van der Waals surface area (Å²) in [4.78, 5) is 4.65. The maximum Gasteiger partial charge on any atom is 0.129 e.